The normalized spacial score (nSPS) is 15.5. The summed E-state index contributed by atoms with van der Waals surface area (Å²) in [6.07, 6.45) is 2.04. The van der Waals surface area contributed by atoms with Gasteiger partial charge in [-0.05, 0) is 36.1 Å². The van der Waals surface area contributed by atoms with Gasteiger partial charge in [0.25, 0.3) is 0 Å². The minimum Gasteiger partial charge on any atom is -0.497 e. The van der Waals surface area contributed by atoms with E-state index >= 15 is 0 Å². The van der Waals surface area contributed by atoms with Crippen LogP contribution < -0.4 is 4.74 Å². The molecule has 1 atom stereocenters. The Kier molecular flexibility index (Phi) is 6.98. The molecule has 0 bridgehead atoms. The maximum absolute atomic E-state index is 13.1. The Labute approximate surface area is 192 Å². The van der Waals surface area contributed by atoms with Gasteiger partial charge in [0.05, 0.1) is 30.0 Å². The molecule has 3 aromatic rings. The minimum atomic E-state index is -0.330. The molecule has 1 amide bonds. The fraction of sp³-hybridized carbons (Fsp3) is 0.375. The third-order valence-electron chi connectivity index (χ3n) is 5.89. The first-order chi connectivity index (χ1) is 15.6. The van der Waals surface area contributed by atoms with Crippen molar-refractivity contribution in [3.63, 3.8) is 0 Å². The number of nitrogens with zero attached hydrogens (tertiary/aromatic N) is 5. The predicted molar refractivity (Wildman–Crippen MR) is 126 cm³/mol. The Morgan fingerprint density at radius 1 is 1.16 bits per heavy atom. The first kappa shape index (κ1) is 22.2. The molecular formula is C24H27N5O2S. The van der Waals surface area contributed by atoms with Crippen LogP contribution in [-0.2, 0) is 17.1 Å². The van der Waals surface area contributed by atoms with Crippen LogP contribution in [0.25, 0.3) is 11.0 Å². The number of thioether (sulfide) groups is 1. The van der Waals surface area contributed by atoms with Crippen molar-refractivity contribution < 1.29 is 9.53 Å². The van der Waals surface area contributed by atoms with Gasteiger partial charge in [0, 0.05) is 26.2 Å². The maximum atomic E-state index is 13.1. The number of aromatic nitrogens is 2. The molecule has 2 aromatic carbocycles. The largest absolute Gasteiger partial charge is 0.497 e. The number of rotatable bonds is 7. The van der Waals surface area contributed by atoms with Crippen molar-refractivity contribution in [2.75, 3.05) is 39.5 Å². The number of para-hydroxylation sites is 2. The van der Waals surface area contributed by atoms with Crippen molar-refractivity contribution in [1.29, 1.82) is 5.26 Å². The summed E-state index contributed by atoms with van der Waals surface area (Å²) in [7, 11) is 1.63. The maximum Gasteiger partial charge on any atom is 0.242 e. The highest BCUT2D eigenvalue weighted by atomic mass is 32.2. The zero-order chi connectivity index (χ0) is 22.5. The summed E-state index contributed by atoms with van der Waals surface area (Å²) < 4.78 is 7.25. The highest BCUT2D eigenvalue weighted by Crippen LogP contribution is 2.24. The van der Waals surface area contributed by atoms with Crippen LogP contribution in [0, 0.1) is 11.3 Å². The van der Waals surface area contributed by atoms with Crippen molar-refractivity contribution in [2.24, 2.45) is 0 Å². The molecule has 0 aliphatic carbocycles. The number of carbonyl (C=O) groups excluding carboxylic acids is 1. The third-order valence-corrected chi connectivity index (χ3v) is 6.43. The van der Waals surface area contributed by atoms with E-state index in [1.54, 1.807) is 18.9 Å². The predicted octanol–water partition coefficient (Wildman–Crippen LogP) is 3.32. The molecule has 1 aliphatic rings. The van der Waals surface area contributed by atoms with Crippen molar-refractivity contribution in [1.82, 2.24) is 19.4 Å². The second kappa shape index (κ2) is 10.1. The molecule has 8 heteroatoms. The smallest absolute Gasteiger partial charge is 0.242 e. The van der Waals surface area contributed by atoms with E-state index in [1.807, 2.05) is 64.3 Å². The van der Waals surface area contributed by atoms with E-state index in [1.165, 1.54) is 0 Å². The summed E-state index contributed by atoms with van der Waals surface area (Å²) in [5.74, 6) is 2.55. The van der Waals surface area contributed by atoms with Crippen molar-refractivity contribution >= 4 is 28.7 Å². The molecule has 1 aromatic heterocycles. The van der Waals surface area contributed by atoms with Gasteiger partial charge in [0.15, 0.2) is 0 Å². The molecule has 0 spiro atoms. The summed E-state index contributed by atoms with van der Waals surface area (Å²) in [5, 5.41) is 9.77. The number of methoxy groups -OCH3 is 1. The molecule has 2 heterocycles. The number of piperazine rings is 1. The van der Waals surface area contributed by atoms with Crippen LogP contribution in [0.15, 0.2) is 48.5 Å². The van der Waals surface area contributed by atoms with Crippen molar-refractivity contribution in [3.8, 4) is 11.8 Å². The van der Waals surface area contributed by atoms with E-state index < -0.39 is 0 Å². The summed E-state index contributed by atoms with van der Waals surface area (Å²) in [6, 6.07) is 17.7. The van der Waals surface area contributed by atoms with Crippen molar-refractivity contribution in [3.05, 3.63) is 59.9 Å². The molecule has 1 fully saturated rings. The number of hydrogen-bond donors (Lipinski definition) is 0. The monoisotopic (exact) mass is 449 g/mol. The molecule has 0 radical (unpaired) electrons. The second-order valence-electron chi connectivity index (χ2n) is 7.76. The molecule has 7 nitrogen and oxygen atoms in total. The molecule has 32 heavy (non-hydrogen) atoms. The number of fused-ring (bicyclic) bond motifs is 1. The van der Waals surface area contributed by atoms with Gasteiger partial charge >= 0.3 is 0 Å². The van der Waals surface area contributed by atoms with Gasteiger partial charge < -0.3 is 14.2 Å². The summed E-state index contributed by atoms with van der Waals surface area (Å²) >= 11 is 1.70. The van der Waals surface area contributed by atoms with Gasteiger partial charge in [0.1, 0.15) is 24.2 Å². The Morgan fingerprint density at radius 3 is 2.53 bits per heavy atom. The zero-order valence-electron chi connectivity index (χ0n) is 18.4. The molecule has 0 saturated carbocycles. The quantitative estimate of drug-likeness (QED) is 0.551. The van der Waals surface area contributed by atoms with Gasteiger partial charge in [-0.1, -0.05) is 24.3 Å². The highest BCUT2D eigenvalue weighted by molar-refractivity contribution is 7.97. The Morgan fingerprint density at radius 2 is 1.88 bits per heavy atom. The van der Waals surface area contributed by atoms with E-state index in [9.17, 15) is 10.1 Å². The fourth-order valence-corrected chi connectivity index (χ4v) is 4.64. The van der Waals surface area contributed by atoms with E-state index in [-0.39, 0.29) is 18.5 Å². The molecular weight excluding hydrogens is 422 g/mol. The van der Waals surface area contributed by atoms with E-state index in [0.717, 1.165) is 33.9 Å². The lowest BCUT2D eigenvalue weighted by Crippen LogP contribution is -2.50. The highest BCUT2D eigenvalue weighted by Gasteiger charge is 2.27. The van der Waals surface area contributed by atoms with Crippen LogP contribution >= 0.6 is 11.8 Å². The Balaban J connectivity index is 1.42. The van der Waals surface area contributed by atoms with Crippen molar-refractivity contribution in [2.45, 2.75) is 18.3 Å². The van der Waals surface area contributed by atoms with E-state index in [0.29, 0.717) is 26.2 Å². The zero-order valence-corrected chi connectivity index (χ0v) is 19.2. The van der Waals surface area contributed by atoms with E-state index in [4.69, 9.17) is 9.72 Å². The molecule has 1 saturated heterocycles. The van der Waals surface area contributed by atoms with Crippen LogP contribution in [0.1, 0.15) is 17.4 Å². The van der Waals surface area contributed by atoms with Gasteiger partial charge in [0.2, 0.25) is 5.91 Å². The number of imidazole rings is 1. The van der Waals surface area contributed by atoms with E-state index in [2.05, 4.69) is 11.0 Å². The second-order valence-corrected chi connectivity index (χ2v) is 8.62. The van der Waals surface area contributed by atoms with Gasteiger partial charge in [-0.2, -0.15) is 17.0 Å². The summed E-state index contributed by atoms with van der Waals surface area (Å²) in [5.41, 5.74) is 2.86. The Bertz CT molecular complexity index is 1110. The summed E-state index contributed by atoms with van der Waals surface area (Å²) in [6.45, 7) is 2.84. The standard InChI is InChI=1S/C24H27N5O2S/c1-31-19-9-7-18(8-10-19)22(15-25)27-11-13-28(14-12-27)24(30)16-29-21-6-4-3-5-20(21)26-23(29)17-32-2/h3-10,22H,11-14,16-17H2,1-2H3. The van der Waals surface area contributed by atoms with Crippen LogP contribution in [0.4, 0.5) is 0 Å². The number of hydrogen-bond acceptors (Lipinski definition) is 6. The average Bonchev–Trinajstić information content (AvgIpc) is 3.17. The first-order valence-corrected chi connectivity index (χ1v) is 12.0. The van der Waals surface area contributed by atoms with Crippen LogP contribution in [0.2, 0.25) is 0 Å². The SMILES string of the molecule is COc1ccc(C(C#N)N2CCN(C(=O)Cn3c(CSC)nc4ccccc43)CC2)cc1. The lowest BCUT2D eigenvalue weighted by Gasteiger charge is -2.37. The Hall–Kier alpha value is -3.02. The van der Waals surface area contributed by atoms with Gasteiger partial charge in [-0.3, -0.25) is 9.69 Å². The third kappa shape index (κ3) is 4.59. The topological polar surface area (TPSA) is 74.4 Å². The molecule has 4 rings (SSSR count). The van der Waals surface area contributed by atoms with Crippen LogP contribution in [0.3, 0.4) is 0 Å². The molecule has 1 unspecified atom stereocenters. The molecule has 1 aliphatic heterocycles. The van der Waals surface area contributed by atoms with Gasteiger partial charge in [-0.25, -0.2) is 4.98 Å². The lowest BCUT2D eigenvalue weighted by molar-refractivity contribution is -0.133. The number of nitriles is 1. The lowest BCUT2D eigenvalue weighted by atomic mass is 10.1. The fourth-order valence-electron chi connectivity index (χ4n) is 4.16. The minimum absolute atomic E-state index is 0.0908. The van der Waals surface area contributed by atoms with Crippen LogP contribution in [-0.4, -0.2) is 64.8 Å². The van der Waals surface area contributed by atoms with Crippen LogP contribution in [0.5, 0.6) is 5.75 Å². The molecule has 0 N–H and O–H groups in total. The molecule has 166 valence electrons. The first-order valence-electron chi connectivity index (χ1n) is 10.6. The number of ether oxygens (including phenoxy) is 1. The number of carbonyl (C=O) groups is 1. The number of benzene rings is 2. The number of amides is 1. The summed E-state index contributed by atoms with van der Waals surface area (Å²) in [4.78, 5) is 21.9. The van der Waals surface area contributed by atoms with Gasteiger partial charge in [-0.15, -0.1) is 0 Å². The average molecular weight is 450 g/mol.